The lowest BCUT2D eigenvalue weighted by atomic mass is 10.00. The molecule has 4 nitrogen and oxygen atoms in total. The highest BCUT2D eigenvalue weighted by atomic mass is 79.9. The van der Waals surface area contributed by atoms with Crippen molar-refractivity contribution in [1.29, 1.82) is 0 Å². The van der Waals surface area contributed by atoms with Gasteiger partial charge in [0.05, 0.1) is 12.2 Å². The number of nitrogens with two attached hydrogens (primary N) is 1. The van der Waals surface area contributed by atoms with Crippen LogP contribution in [-0.4, -0.2) is 29.9 Å². The van der Waals surface area contributed by atoms with E-state index in [1.54, 1.807) is 12.1 Å². The number of likely N-dealkylation sites (tertiary alicyclic amines) is 1. The molecule has 110 valence electrons. The summed E-state index contributed by atoms with van der Waals surface area (Å²) in [6.45, 7) is 3.68. The minimum atomic E-state index is 0.0378. The van der Waals surface area contributed by atoms with Gasteiger partial charge in [0.25, 0.3) is 0 Å². The van der Waals surface area contributed by atoms with Crippen LogP contribution in [0.1, 0.15) is 32.6 Å². The van der Waals surface area contributed by atoms with E-state index in [0.29, 0.717) is 18.3 Å². The Morgan fingerprint density at radius 1 is 1.50 bits per heavy atom. The van der Waals surface area contributed by atoms with Gasteiger partial charge in [-0.05, 0) is 59.9 Å². The van der Waals surface area contributed by atoms with Crippen molar-refractivity contribution in [3.8, 4) is 0 Å². The van der Waals surface area contributed by atoms with Crippen LogP contribution < -0.4 is 11.1 Å². The van der Waals surface area contributed by atoms with Crippen LogP contribution >= 0.6 is 15.9 Å². The Kier molecular flexibility index (Phi) is 5.43. The van der Waals surface area contributed by atoms with E-state index in [1.165, 1.54) is 19.3 Å². The number of nitrogens with one attached hydrogen (secondary N) is 1. The fraction of sp³-hybridized carbons (Fsp3) is 0.533. The van der Waals surface area contributed by atoms with Crippen LogP contribution in [0.2, 0.25) is 0 Å². The van der Waals surface area contributed by atoms with Crippen LogP contribution in [0.5, 0.6) is 0 Å². The summed E-state index contributed by atoms with van der Waals surface area (Å²) in [6, 6.07) is 5.95. The zero-order valence-electron chi connectivity index (χ0n) is 11.9. The van der Waals surface area contributed by atoms with Crippen LogP contribution in [-0.2, 0) is 4.79 Å². The van der Waals surface area contributed by atoms with E-state index in [-0.39, 0.29) is 5.91 Å². The average Bonchev–Trinajstić information content (AvgIpc) is 2.42. The van der Waals surface area contributed by atoms with Gasteiger partial charge in [-0.3, -0.25) is 9.69 Å². The van der Waals surface area contributed by atoms with Crippen molar-refractivity contribution < 1.29 is 4.79 Å². The molecule has 20 heavy (non-hydrogen) atoms. The summed E-state index contributed by atoms with van der Waals surface area (Å²) >= 11 is 3.42. The summed E-state index contributed by atoms with van der Waals surface area (Å²) in [4.78, 5) is 14.5. The highest BCUT2D eigenvalue weighted by Gasteiger charge is 2.22. The van der Waals surface area contributed by atoms with Crippen LogP contribution in [0.3, 0.4) is 0 Å². The fourth-order valence-electron chi connectivity index (χ4n) is 2.74. The summed E-state index contributed by atoms with van der Waals surface area (Å²) in [5.74, 6) is 0.0378. The molecule has 0 aromatic heterocycles. The first-order chi connectivity index (χ1) is 9.60. The Balaban J connectivity index is 1.94. The van der Waals surface area contributed by atoms with Crippen LogP contribution in [0.4, 0.5) is 11.4 Å². The quantitative estimate of drug-likeness (QED) is 0.828. The molecule has 1 aliphatic heterocycles. The Hall–Kier alpha value is -1.07. The molecular formula is C15H22BrN3O. The minimum Gasteiger partial charge on any atom is -0.399 e. The summed E-state index contributed by atoms with van der Waals surface area (Å²) in [5, 5.41) is 2.95. The first kappa shape index (κ1) is 15.3. The van der Waals surface area contributed by atoms with Crippen molar-refractivity contribution in [3.63, 3.8) is 0 Å². The van der Waals surface area contributed by atoms with Crippen LogP contribution in [0.25, 0.3) is 0 Å². The predicted octanol–water partition coefficient (Wildman–Crippen LogP) is 3.23. The van der Waals surface area contributed by atoms with Crippen molar-refractivity contribution in [2.75, 3.05) is 24.1 Å². The molecule has 0 radical (unpaired) electrons. The first-order valence-corrected chi connectivity index (χ1v) is 7.98. The molecule has 0 saturated carbocycles. The molecule has 3 N–H and O–H groups in total. The smallest absolute Gasteiger partial charge is 0.238 e. The number of rotatable bonds is 4. The number of carbonyl (C=O) groups excluding carboxylic acids is 1. The van der Waals surface area contributed by atoms with Gasteiger partial charge in [-0.25, -0.2) is 0 Å². The van der Waals surface area contributed by atoms with Gasteiger partial charge >= 0.3 is 0 Å². The topological polar surface area (TPSA) is 58.4 Å². The predicted molar refractivity (Wildman–Crippen MR) is 86.7 cm³/mol. The third-order valence-corrected chi connectivity index (χ3v) is 4.49. The van der Waals surface area contributed by atoms with Crippen molar-refractivity contribution in [3.05, 3.63) is 22.7 Å². The number of nitrogens with zero attached hydrogens (tertiary/aromatic N) is 1. The van der Waals surface area contributed by atoms with Gasteiger partial charge in [-0.2, -0.15) is 0 Å². The number of benzene rings is 1. The second-order valence-electron chi connectivity index (χ2n) is 5.32. The van der Waals surface area contributed by atoms with E-state index in [0.717, 1.165) is 23.1 Å². The highest BCUT2D eigenvalue weighted by molar-refractivity contribution is 9.10. The summed E-state index contributed by atoms with van der Waals surface area (Å²) in [6.07, 6.45) is 4.78. The van der Waals surface area contributed by atoms with Gasteiger partial charge in [0.2, 0.25) is 5.91 Å². The molecule has 0 bridgehead atoms. The van der Waals surface area contributed by atoms with E-state index in [4.69, 9.17) is 5.73 Å². The minimum absolute atomic E-state index is 0.0378. The summed E-state index contributed by atoms with van der Waals surface area (Å²) < 4.78 is 0.816. The molecule has 5 heteroatoms. The maximum Gasteiger partial charge on any atom is 0.238 e. The molecule has 1 aliphatic rings. The van der Waals surface area contributed by atoms with Crippen LogP contribution in [0, 0.1) is 0 Å². The molecule has 2 rings (SSSR count). The molecule has 1 aromatic rings. The molecule has 1 amide bonds. The van der Waals surface area contributed by atoms with Gasteiger partial charge in [-0.1, -0.05) is 13.3 Å². The number of hydrogen-bond donors (Lipinski definition) is 2. The zero-order valence-corrected chi connectivity index (χ0v) is 13.4. The SMILES string of the molecule is CCC1CCCCN1CC(=O)Nc1ccc(N)cc1Br. The molecular weight excluding hydrogens is 318 g/mol. The van der Waals surface area contributed by atoms with E-state index < -0.39 is 0 Å². The number of anilines is 2. The number of nitrogen functional groups attached to an aromatic ring is 1. The lowest BCUT2D eigenvalue weighted by molar-refractivity contribution is -0.118. The van der Waals surface area contributed by atoms with Crippen molar-refractivity contribution in [2.24, 2.45) is 0 Å². The Morgan fingerprint density at radius 2 is 2.30 bits per heavy atom. The third kappa shape index (κ3) is 3.96. The van der Waals surface area contributed by atoms with Crippen molar-refractivity contribution in [2.45, 2.75) is 38.6 Å². The molecule has 0 aliphatic carbocycles. The number of carbonyl (C=O) groups is 1. The molecule has 1 saturated heterocycles. The van der Waals surface area contributed by atoms with Gasteiger partial charge in [0.15, 0.2) is 0 Å². The zero-order chi connectivity index (χ0) is 14.5. The highest BCUT2D eigenvalue weighted by Crippen LogP contribution is 2.25. The van der Waals surface area contributed by atoms with Crippen molar-refractivity contribution >= 4 is 33.2 Å². The number of halogens is 1. The van der Waals surface area contributed by atoms with E-state index in [1.807, 2.05) is 6.07 Å². The monoisotopic (exact) mass is 339 g/mol. The Labute approximate surface area is 128 Å². The summed E-state index contributed by atoms with van der Waals surface area (Å²) in [5.41, 5.74) is 7.14. The first-order valence-electron chi connectivity index (χ1n) is 7.19. The Bertz CT molecular complexity index is 478. The normalized spacial score (nSPS) is 19.8. The number of piperidine rings is 1. The maximum atomic E-state index is 12.2. The lowest BCUT2D eigenvalue weighted by Crippen LogP contribution is -2.43. The van der Waals surface area contributed by atoms with Gasteiger partial charge in [-0.15, -0.1) is 0 Å². The maximum absolute atomic E-state index is 12.2. The molecule has 1 atom stereocenters. The molecule has 0 spiro atoms. The molecule has 1 heterocycles. The van der Waals surface area contributed by atoms with Gasteiger partial charge < -0.3 is 11.1 Å². The fourth-order valence-corrected chi connectivity index (χ4v) is 3.23. The van der Waals surface area contributed by atoms with Gasteiger partial charge in [0, 0.05) is 16.2 Å². The second-order valence-corrected chi connectivity index (χ2v) is 6.17. The van der Waals surface area contributed by atoms with E-state index in [2.05, 4.69) is 33.1 Å². The molecule has 1 aromatic carbocycles. The van der Waals surface area contributed by atoms with Crippen LogP contribution in [0.15, 0.2) is 22.7 Å². The van der Waals surface area contributed by atoms with E-state index in [9.17, 15) is 4.79 Å². The second kappa shape index (κ2) is 7.09. The third-order valence-electron chi connectivity index (χ3n) is 3.83. The summed E-state index contributed by atoms with van der Waals surface area (Å²) in [7, 11) is 0. The van der Waals surface area contributed by atoms with E-state index >= 15 is 0 Å². The lowest BCUT2D eigenvalue weighted by Gasteiger charge is -2.34. The largest absolute Gasteiger partial charge is 0.399 e. The average molecular weight is 340 g/mol. The number of hydrogen-bond acceptors (Lipinski definition) is 3. The van der Waals surface area contributed by atoms with Gasteiger partial charge in [0.1, 0.15) is 0 Å². The van der Waals surface area contributed by atoms with Crippen molar-refractivity contribution in [1.82, 2.24) is 4.90 Å². The molecule has 1 unspecified atom stereocenters. The number of amides is 1. The molecule has 1 fully saturated rings. The Morgan fingerprint density at radius 3 is 3.00 bits per heavy atom. The standard InChI is InChI=1S/C15H22BrN3O/c1-2-12-5-3-4-8-19(12)10-15(20)18-14-7-6-11(17)9-13(14)16/h6-7,9,12H,2-5,8,10,17H2,1H3,(H,18,20).